The number of sulfonamides is 1. The second-order valence-corrected chi connectivity index (χ2v) is 8.17. The molecule has 2 aromatic rings. The van der Waals surface area contributed by atoms with E-state index >= 15 is 0 Å². The Morgan fingerprint density at radius 1 is 1.03 bits per heavy atom. The van der Waals surface area contributed by atoms with Crippen LogP contribution in [0, 0.1) is 0 Å². The number of hydrogen-bond acceptors (Lipinski definition) is 7. The van der Waals surface area contributed by atoms with Gasteiger partial charge in [0.2, 0.25) is 10.0 Å². The number of amides is 1. The van der Waals surface area contributed by atoms with Crippen molar-refractivity contribution in [3.63, 3.8) is 0 Å². The number of ether oxygens (including phenoxy) is 2. The molecule has 0 aliphatic rings. The van der Waals surface area contributed by atoms with Crippen molar-refractivity contribution >= 4 is 45.2 Å². The second-order valence-electron chi connectivity index (χ2n) is 6.02. The number of rotatable bonds is 8. The first-order chi connectivity index (χ1) is 14.1. The zero-order valence-corrected chi connectivity index (χ0v) is 17.6. The number of hydrogen-bond donors (Lipinski definition) is 2. The van der Waals surface area contributed by atoms with Gasteiger partial charge in [0.15, 0.2) is 6.61 Å². The van der Waals surface area contributed by atoms with E-state index in [-0.39, 0.29) is 4.90 Å². The van der Waals surface area contributed by atoms with E-state index in [1.807, 2.05) is 0 Å². The summed E-state index contributed by atoms with van der Waals surface area (Å²) in [5.41, 5.74) is 0.684. The van der Waals surface area contributed by atoms with Crippen LogP contribution < -0.4 is 10.0 Å². The standard InChI is InChI=1S/C19H19ClN2O7S/c1-12(22-30(26,27)16-9-5-14(20)6-10-16)18(24)29-11-17(23)21-15-7-3-13(4-8-15)19(25)28-2/h3-10,12,22H,11H2,1-2H3,(H,21,23)/t12-/m0/s1. The third kappa shape index (κ3) is 6.55. The lowest BCUT2D eigenvalue weighted by molar-refractivity contribution is -0.148. The van der Waals surface area contributed by atoms with Gasteiger partial charge in [0, 0.05) is 10.7 Å². The number of methoxy groups -OCH3 is 1. The lowest BCUT2D eigenvalue weighted by atomic mass is 10.2. The first kappa shape index (κ1) is 23.3. The smallest absolute Gasteiger partial charge is 0.337 e. The monoisotopic (exact) mass is 454 g/mol. The summed E-state index contributed by atoms with van der Waals surface area (Å²) in [5.74, 6) is -2.08. The second kappa shape index (κ2) is 10.2. The third-order valence-electron chi connectivity index (χ3n) is 3.74. The Hall–Kier alpha value is -2.95. The molecule has 30 heavy (non-hydrogen) atoms. The molecule has 0 saturated carbocycles. The molecule has 0 bridgehead atoms. The fourth-order valence-corrected chi connectivity index (χ4v) is 3.55. The quantitative estimate of drug-likeness (QED) is 0.583. The summed E-state index contributed by atoms with van der Waals surface area (Å²) in [7, 11) is -2.72. The minimum Gasteiger partial charge on any atom is -0.465 e. The van der Waals surface area contributed by atoms with Crippen molar-refractivity contribution < 1.29 is 32.3 Å². The van der Waals surface area contributed by atoms with Crippen molar-refractivity contribution in [1.82, 2.24) is 4.72 Å². The number of esters is 2. The van der Waals surface area contributed by atoms with E-state index in [1.165, 1.54) is 62.6 Å². The maximum atomic E-state index is 12.3. The van der Waals surface area contributed by atoms with E-state index in [1.54, 1.807) is 0 Å². The van der Waals surface area contributed by atoms with E-state index in [9.17, 15) is 22.8 Å². The van der Waals surface area contributed by atoms with E-state index in [2.05, 4.69) is 14.8 Å². The highest BCUT2D eigenvalue weighted by atomic mass is 35.5. The van der Waals surface area contributed by atoms with Crippen LogP contribution in [0.5, 0.6) is 0 Å². The molecule has 0 fully saturated rings. The molecule has 2 rings (SSSR count). The van der Waals surface area contributed by atoms with Crippen molar-refractivity contribution in [3.8, 4) is 0 Å². The molecule has 2 N–H and O–H groups in total. The Kier molecular flexibility index (Phi) is 7.93. The highest BCUT2D eigenvalue weighted by Crippen LogP contribution is 2.14. The van der Waals surface area contributed by atoms with Crippen LogP contribution in [-0.2, 0) is 29.1 Å². The van der Waals surface area contributed by atoms with Gasteiger partial charge in [-0.1, -0.05) is 11.6 Å². The van der Waals surface area contributed by atoms with Gasteiger partial charge < -0.3 is 14.8 Å². The Balaban J connectivity index is 1.86. The Labute approximate surface area is 178 Å². The SMILES string of the molecule is COC(=O)c1ccc(NC(=O)COC(=O)[C@H](C)NS(=O)(=O)c2ccc(Cl)cc2)cc1. The van der Waals surface area contributed by atoms with Crippen LogP contribution >= 0.6 is 11.6 Å². The Morgan fingerprint density at radius 2 is 1.63 bits per heavy atom. The van der Waals surface area contributed by atoms with Crippen LogP contribution in [0.2, 0.25) is 5.02 Å². The average Bonchev–Trinajstić information content (AvgIpc) is 2.72. The summed E-state index contributed by atoms with van der Waals surface area (Å²) < 4.78 is 36.1. The molecule has 0 unspecified atom stereocenters. The van der Waals surface area contributed by atoms with Gasteiger partial charge in [-0.2, -0.15) is 4.72 Å². The fraction of sp³-hybridized carbons (Fsp3) is 0.211. The highest BCUT2D eigenvalue weighted by molar-refractivity contribution is 7.89. The normalized spacial score (nSPS) is 12.0. The maximum absolute atomic E-state index is 12.3. The molecular weight excluding hydrogens is 436 g/mol. The molecule has 11 heteroatoms. The first-order valence-corrected chi connectivity index (χ1v) is 10.4. The average molecular weight is 455 g/mol. The maximum Gasteiger partial charge on any atom is 0.337 e. The molecule has 0 aliphatic carbocycles. The van der Waals surface area contributed by atoms with Crippen LogP contribution in [0.25, 0.3) is 0 Å². The molecular formula is C19H19ClN2O7S. The van der Waals surface area contributed by atoms with Crippen molar-refractivity contribution in [1.29, 1.82) is 0 Å². The van der Waals surface area contributed by atoms with Gasteiger partial charge in [-0.05, 0) is 55.5 Å². The van der Waals surface area contributed by atoms with Gasteiger partial charge in [0.1, 0.15) is 6.04 Å². The highest BCUT2D eigenvalue weighted by Gasteiger charge is 2.23. The van der Waals surface area contributed by atoms with Gasteiger partial charge in [-0.25, -0.2) is 13.2 Å². The fourth-order valence-electron chi connectivity index (χ4n) is 2.23. The van der Waals surface area contributed by atoms with Gasteiger partial charge in [0.25, 0.3) is 5.91 Å². The molecule has 0 spiro atoms. The third-order valence-corrected chi connectivity index (χ3v) is 5.55. The number of nitrogens with one attached hydrogen (secondary N) is 2. The number of halogens is 1. The topological polar surface area (TPSA) is 128 Å². The van der Waals surface area contributed by atoms with Gasteiger partial charge in [-0.15, -0.1) is 0 Å². The van der Waals surface area contributed by atoms with E-state index in [0.29, 0.717) is 16.3 Å². The summed E-state index contributed by atoms with van der Waals surface area (Å²) in [6.45, 7) is 0.670. The zero-order valence-electron chi connectivity index (χ0n) is 16.0. The number of carbonyl (C=O) groups is 3. The van der Waals surface area contributed by atoms with E-state index < -0.39 is 40.5 Å². The summed E-state index contributed by atoms with van der Waals surface area (Å²) in [4.78, 5) is 35.2. The molecule has 0 saturated heterocycles. The predicted molar refractivity (Wildman–Crippen MR) is 109 cm³/mol. The molecule has 0 radical (unpaired) electrons. The van der Waals surface area contributed by atoms with Crippen LogP contribution in [-0.4, -0.2) is 46.0 Å². The van der Waals surface area contributed by atoms with Crippen LogP contribution in [0.15, 0.2) is 53.4 Å². The number of benzene rings is 2. The summed E-state index contributed by atoms with van der Waals surface area (Å²) in [6, 6.07) is 10.1. The van der Waals surface area contributed by atoms with Crippen molar-refractivity contribution in [2.45, 2.75) is 17.9 Å². The summed E-state index contributed by atoms with van der Waals surface area (Å²) >= 11 is 5.73. The predicted octanol–water partition coefficient (Wildman–Crippen LogP) is 1.98. The Morgan fingerprint density at radius 3 is 2.20 bits per heavy atom. The van der Waals surface area contributed by atoms with Gasteiger partial charge >= 0.3 is 11.9 Å². The van der Waals surface area contributed by atoms with E-state index in [4.69, 9.17) is 16.3 Å². The lowest BCUT2D eigenvalue weighted by Gasteiger charge is -2.14. The lowest BCUT2D eigenvalue weighted by Crippen LogP contribution is -2.40. The zero-order chi connectivity index (χ0) is 22.3. The molecule has 1 atom stereocenters. The molecule has 1 amide bonds. The van der Waals surface area contributed by atoms with Crippen LogP contribution in [0.3, 0.4) is 0 Å². The summed E-state index contributed by atoms with van der Waals surface area (Å²) in [6.07, 6.45) is 0. The molecule has 0 heterocycles. The summed E-state index contributed by atoms with van der Waals surface area (Å²) in [5, 5.41) is 2.85. The minimum absolute atomic E-state index is 0.0697. The molecule has 160 valence electrons. The molecule has 0 aliphatic heterocycles. The van der Waals surface area contributed by atoms with Crippen molar-refractivity contribution in [2.75, 3.05) is 19.0 Å². The molecule has 2 aromatic carbocycles. The minimum atomic E-state index is -3.97. The molecule has 0 aromatic heterocycles. The van der Waals surface area contributed by atoms with Crippen molar-refractivity contribution in [2.24, 2.45) is 0 Å². The van der Waals surface area contributed by atoms with Crippen LogP contribution in [0.1, 0.15) is 17.3 Å². The Bertz CT molecular complexity index is 1020. The number of carbonyl (C=O) groups excluding carboxylic acids is 3. The largest absolute Gasteiger partial charge is 0.465 e. The van der Waals surface area contributed by atoms with E-state index in [0.717, 1.165) is 0 Å². The van der Waals surface area contributed by atoms with Crippen molar-refractivity contribution in [3.05, 3.63) is 59.1 Å². The first-order valence-electron chi connectivity index (χ1n) is 8.55. The number of anilines is 1. The van der Waals surface area contributed by atoms with Gasteiger partial charge in [-0.3, -0.25) is 9.59 Å². The van der Waals surface area contributed by atoms with Gasteiger partial charge in [0.05, 0.1) is 17.6 Å². The molecule has 9 nitrogen and oxygen atoms in total. The van der Waals surface area contributed by atoms with Crippen LogP contribution in [0.4, 0.5) is 5.69 Å².